The molecule has 4 rings (SSSR count). The number of ether oxygens (including phenoxy) is 1. The molecule has 0 aliphatic carbocycles. The number of nitrogens with one attached hydrogen (secondary N) is 1. The van der Waals surface area contributed by atoms with Crippen molar-refractivity contribution in [1.82, 2.24) is 19.1 Å². The van der Waals surface area contributed by atoms with Crippen LogP contribution in [0, 0.1) is 12.8 Å². The zero-order valence-corrected chi connectivity index (χ0v) is 21.5. The Kier molecular flexibility index (Phi) is 8.90. The van der Waals surface area contributed by atoms with E-state index in [-0.39, 0.29) is 38.7 Å². The van der Waals surface area contributed by atoms with E-state index < -0.39 is 17.3 Å². The Morgan fingerprint density at radius 3 is 2.32 bits per heavy atom. The van der Waals surface area contributed by atoms with Gasteiger partial charge in [0, 0.05) is 48.1 Å². The van der Waals surface area contributed by atoms with Gasteiger partial charge in [-0.1, -0.05) is 29.8 Å². The molecule has 198 valence electrons. The molecule has 4 aromatic rings. The second-order valence-corrected chi connectivity index (χ2v) is 9.19. The van der Waals surface area contributed by atoms with E-state index in [1.165, 1.54) is 4.57 Å². The number of halogens is 1. The molecule has 0 amide bonds. The number of anilines is 2. The molecule has 0 aliphatic rings. The van der Waals surface area contributed by atoms with Gasteiger partial charge >= 0.3 is 11.4 Å². The van der Waals surface area contributed by atoms with E-state index in [0.29, 0.717) is 22.3 Å². The smallest absolute Gasteiger partial charge is 0.354 e. The van der Waals surface area contributed by atoms with Crippen LogP contribution in [-0.2, 0) is 13.1 Å². The molecule has 0 atom stereocenters. The summed E-state index contributed by atoms with van der Waals surface area (Å²) in [6.07, 6.45) is 0.245. The summed E-state index contributed by atoms with van der Waals surface area (Å²) in [6.45, 7) is 1.52. The summed E-state index contributed by atoms with van der Waals surface area (Å²) >= 11 is 6.01. The third-order valence-corrected chi connectivity index (χ3v) is 6.13. The summed E-state index contributed by atoms with van der Waals surface area (Å²) < 4.78 is 8.15. The average Bonchev–Trinajstić information content (AvgIpc) is 2.90. The number of hydrogen-bond acceptors (Lipinski definition) is 8. The summed E-state index contributed by atoms with van der Waals surface area (Å²) in [5.41, 5.74) is 0.907. The van der Waals surface area contributed by atoms with Gasteiger partial charge in [-0.25, -0.2) is 19.1 Å². The van der Waals surface area contributed by atoms with Crippen LogP contribution in [0.25, 0.3) is 0 Å². The van der Waals surface area contributed by atoms with Gasteiger partial charge in [-0.2, -0.15) is 4.98 Å². The van der Waals surface area contributed by atoms with Gasteiger partial charge in [0.1, 0.15) is 5.75 Å². The largest absolute Gasteiger partial charge is 0.439 e. The van der Waals surface area contributed by atoms with Crippen molar-refractivity contribution in [2.75, 3.05) is 18.5 Å². The molecule has 0 saturated heterocycles. The van der Waals surface area contributed by atoms with E-state index in [1.54, 1.807) is 54.6 Å². The summed E-state index contributed by atoms with van der Waals surface area (Å²) in [5.74, 6) is 0.663. The second kappa shape index (κ2) is 12.5. The molecule has 0 fully saturated rings. The van der Waals surface area contributed by atoms with Crippen LogP contribution in [0.2, 0.25) is 5.02 Å². The lowest BCUT2D eigenvalue weighted by atomic mass is 10.1. The van der Waals surface area contributed by atoms with Crippen LogP contribution in [0.4, 0.5) is 11.6 Å². The number of pyridine rings is 1. The fourth-order valence-electron chi connectivity index (χ4n) is 3.71. The maximum atomic E-state index is 13.4. The number of aromatic nitrogens is 4. The molecule has 38 heavy (non-hydrogen) atoms. The molecular formula is C27H28ClN5O5. The van der Waals surface area contributed by atoms with Crippen LogP contribution in [0.1, 0.15) is 17.7 Å². The predicted octanol–water partition coefficient (Wildman–Crippen LogP) is 3.34. The monoisotopic (exact) mass is 537 g/mol. The Morgan fingerprint density at radius 2 is 1.66 bits per heavy atom. The Morgan fingerprint density at radius 1 is 0.947 bits per heavy atom. The molecule has 0 unspecified atom stereocenters. The first-order chi connectivity index (χ1) is 18.4. The molecule has 3 N–H and O–H groups in total. The fourth-order valence-corrected chi connectivity index (χ4v) is 3.84. The lowest BCUT2D eigenvalue weighted by molar-refractivity contribution is 0.139. The highest BCUT2D eigenvalue weighted by atomic mass is 35.5. The van der Waals surface area contributed by atoms with E-state index in [2.05, 4.69) is 15.3 Å². The number of hydrogen-bond donors (Lipinski definition) is 3. The van der Waals surface area contributed by atoms with Gasteiger partial charge in [-0.15, -0.1) is 0 Å². The normalized spacial score (nSPS) is 11.1. The first-order valence-electron chi connectivity index (χ1n) is 12.0. The van der Waals surface area contributed by atoms with Crippen molar-refractivity contribution in [2.24, 2.45) is 5.92 Å². The van der Waals surface area contributed by atoms with Crippen molar-refractivity contribution in [2.45, 2.75) is 26.4 Å². The predicted molar refractivity (Wildman–Crippen MR) is 144 cm³/mol. The minimum absolute atomic E-state index is 0.0103. The van der Waals surface area contributed by atoms with E-state index in [0.717, 1.165) is 15.8 Å². The Balaban J connectivity index is 1.62. The minimum atomic E-state index is -0.732. The highest BCUT2D eigenvalue weighted by Crippen LogP contribution is 2.23. The number of aliphatic hydroxyl groups excluding tert-OH is 2. The number of aliphatic hydroxyl groups is 2. The molecule has 2 aromatic carbocycles. The Hall–Kier alpha value is -3.99. The minimum Gasteiger partial charge on any atom is -0.439 e. The van der Waals surface area contributed by atoms with E-state index in [4.69, 9.17) is 16.3 Å². The maximum absolute atomic E-state index is 13.4. The number of aryl methyl sites for hydroxylation is 1. The van der Waals surface area contributed by atoms with Crippen molar-refractivity contribution in [1.29, 1.82) is 0 Å². The summed E-state index contributed by atoms with van der Waals surface area (Å²) in [7, 11) is 0. The van der Waals surface area contributed by atoms with Gasteiger partial charge in [0.05, 0.1) is 6.54 Å². The molecule has 0 bridgehead atoms. The van der Waals surface area contributed by atoms with Gasteiger partial charge in [0.2, 0.25) is 11.8 Å². The van der Waals surface area contributed by atoms with Gasteiger partial charge in [-0.3, -0.25) is 4.57 Å². The standard InChI is InChI=1S/C27H28ClN5O5/c1-18-3-2-4-24(29-18)38-23-11-9-22(10-12-23)30-25-31-26(36)32(14-13-20(16-34)17-35)27(37)33(25)15-19-5-7-21(28)8-6-19/h2-12,20,34-35H,13-17H2,1H3,(H,30,31,36). The zero-order valence-electron chi connectivity index (χ0n) is 20.7. The Labute approximate surface area is 223 Å². The molecule has 11 heteroatoms. The quantitative estimate of drug-likeness (QED) is 0.265. The first-order valence-corrected chi connectivity index (χ1v) is 12.4. The van der Waals surface area contributed by atoms with Gasteiger partial charge in [-0.05, 0) is 61.4 Å². The van der Waals surface area contributed by atoms with Crippen LogP contribution in [-0.4, -0.2) is 42.5 Å². The van der Waals surface area contributed by atoms with Crippen molar-refractivity contribution >= 4 is 23.2 Å². The van der Waals surface area contributed by atoms with Crippen LogP contribution in [0.15, 0.2) is 76.3 Å². The van der Waals surface area contributed by atoms with Gasteiger partial charge in [0.25, 0.3) is 0 Å². The average molecular weight is 538 g/mol. The lowest BCUT2D eigenvalue weighted by Gasteiger charge is -2.17. The molecule has 0 aliphatic heterocycles. The highest BCUT2D eigenvalue weighted by molar-refractivity contribution is 6.30. The molecule has 0 spiro atoms. The van der Waals surface area contributed by atoms with Crippen LogP contribution in [0.3, 0.4) is 0 Å². The molecule has 10 nitrogen and oxygen atoms in total. The SMILES string of the molecule is Cc1cccc(Oc2ccc(Nc3nc(=O)n(CCC(CO)CO)c(=O)n3Cc3ccc(Cl)cc3)cc2)n1. The highest BCUT2D eigenvalue weighted by Gasteiger charge is 2.16. The summed E-state index contributed by atoms with van der Waals surface area (Å²) in [5, 5.41) is 22.3. The third-order valence-electron chi connectivity index (χ3n) is 5.88. The van der Waals surface area contributed by atoms with Gasteiger partial charge < -0.3 is 20.3 Å². The number of nitrogens with zero attached hydrogens (tertiary/aromatic N) is 4. The number of rotatable bonds is 11. The van der Waals surface area contributed by atoms with Crippen molar-refractivity contribution in [3.05, 3.63) is 104 Å². The van der Waals surface area contributed by atoms with Crippen LogP contribution >= 0.6 is 11.6 Å². The van der Waals surface area contributed by atoms with Gasteiger partial charge in [0.15, 0.2) is 0 Å². The van der Waals surface area contributed by atoms with E-state index in [1.807, 2.05) is 19.1 Å². The number of benzene rings is 2. The summed E-state index contributed by atoms with van der Waals surface area (Å²) in [6, 6.07) is 19.4. The van der Waals surface area contributed by atoms with Crippen LogP contribution < -0.4 is 21.4 Å². The van der Waals surface area contributed by atoms with E-state index >= 15 is 0 Å². The third kappa shape index (κ3) is 6.86. The van der Waals surface area contributed by atoms with Crippen LogP contribution in [0.5, 0.6) is 11.6 Å². The molecule has 0 radical (unpaired) electrons. The van der Waals surface area contributed by atoms with Crippen molar-refractivity contribution < 1.29 is 14.9 Å². The van der Waals surface area contributed by atoms with E-state index in [9.17, 15) is 19.8 Å². The maximum Gasteiger partial charge on any atom is 0.354 e. The van der Waals surface area contributed by atoms with Crippen molar-refractivity contribution in [3.8, 4) is 11.6 Å². The van der Waals surface area contributed by atoms with Crippen molar-refractivity contribution in [3.63, 3.8) is 0 Å². The lowest BCUT2D eigenvalue weighted by Crippen LogP contribution is -2.43. The molecule has 0 saturated carbocycles. The molecule has 2 heterocycles. The first kappa shape index (κ1) is 27.1. The fraction of sp³-hybridized carbons (Fsp3) is 0.259. The molecular weight excluding hydrogens is 510 g/mol. The zero-order chi connectivity index (χ0) is 27.1. The Bertz CT molecular complexity index is 1480. The topological polar surface area (TPSA) is 132 Å². The second-order valence-electron chi connectivity index (χ2n) is 8.75. The summed E-state index contributed by atoms with van der Waals surface area (Å²) in [4.78, 5) is 34.7. The molecule has 2 aromatic heterocycles.